The van der Waals surface area contributed by atoms with Crippen LogP contribution in [-0.2, 0) is 16.1 Å². The third-order valence-electron chi connectivity index (χ3n) is 2.32. The standard InChI is InChI=1S/C11H14N2O4/c1-8-4-3-5-9(11(8)13(15)16)6-12-7-10(14)17-2/h3-5,12H,6-7H2,1-2H3. The molecule has 0 spiro atoms. The van der Waals surface area contributed by atoms with Crippen LogP contribution in [0.5, 0.6) is 0 Å². The lowest BCUT2D eigenvalue weighted by Gasteiger charge is -2.06. The zero-order valence-electron chi connectivity index (χ0n) is 9.73. The Morgan fingerprint density at radius 3 is 2.82 bits per heavy atom. The molecule has 17 heavy (non-hydrogen) atoms. The van der Waals surface area contributed by atoms with Crippen molar-refractivity contribution in [2.24, 2.45) is 0 Å². The maximum absolute atomic E-state index is 10.9. The van der Waals surface area contributed by atoms with Gasteiger partial charge in [-0.1, -0.05) is 18.2 Å². The number of para-hydroxylation sites is 1. The van der Waals surface area contributed by atoms with Crippen molar-refractivity contribution in [2.75, 3.05) is 13.7 Å². The van der Waals surface area contributed by atoms with Gasteiger partial charge in [0.05, 0.1) is 18.6 Å². The number of carbonyl (C=O) groups excluding carboxylic acids is 1. The number of ether oxygens (including phenoxy) is 1. The first-order valence-corrected chi connectivity index (χ1v) is 5.06. The fourth-order valence-electron chi connectivity index (χ4n) is 1.50. The summed E-state index contributed by atoms with van der Waals surface area (Å²) in [5.74, 6) is -0.402. The van der Waals surface area contributed by atoms with Crippen molar-refractivity contribution in [3.8, 4) is 0 Å². The summed E-state index contributed by atoms with van der Waals surface area (Å²) >= 11 is 0. The number of aryl methyl sites for hydroxylation is 1. The van der Waals surface area contributed by atoms with E-state index in [0.717, 1.165) is 0 Å². The van der Waals surface area contributed by atoms with E-state index in [1.165, 1.54) is 7.11 Å². The van der Waals surface area contributed by atoms with Crippen molar-refractivity contribution in [2.45, 2.75) is 13.5 Å². The molecule has 1 rings (SSSR count). The summed E-state index contributed by atoms with van der Waals surface area (Å²) in [6.07, 6.45) is 0. The number of methoxy groups -OCH3 is 1. The van der Waals surface area contributed by atoms with E-state index in [-0.39, 0.29) is 18.8 Å². The van der Waals surface area contributed by atoms with E-state index in [4.69, 9.17) is 0 Å². The number of nitro benzene ring substituents is 1. The molecule has 1 aromatic carbocycles. The van der Waals surface area contributed by atoms with Crippen LogP contribution in [0.1, 0.15) is 11.1 Å². The van der Waals surface area contributed by atoms with Crippen LogP contribution in [0.25, 0.3) is 0 Å². The molecular formula is C11H14N2O4. The summed E-state index contributed by atoms with van der Waals surface area (Å²) in [5.41, 5.74) is 1.25. The number of rotatable bonds is 5. The minimum Gasteiger partial charge on any atom is -0.468 e. The van der Waals surface area contributed by atoms with E-state index in [1.807, 2.05) is 0 Å². The fourth-order valence-corrected chi connectivity index (χ4v) is 1.50. The second-order valence-corrected chi connectivity index (χ2v) is 3.52. The molecule has 0 saturated heterocycles. The average Bonchev–Trinajstić information content (AvgIpc) is 2.28. The summed E-state index contributed by atoms with van der Waals surface area (Å²) in [6, 6.07) is 5.09. The molecule has 0 aliphatic rings. The van der Waals surface area contributed by atoms with Crippen LogP contribution in [-0.4, -0.2) is 24.5 Å². The summed E-state index contributed by atoms with van der Waals surface area (Å²) < 4.78 is 4.45. The van der Waals surface area contributed by atoms with Crippen LogP contribution in [0.4, 0.5) is 5.69 Å². The summed E-state index contributed by atoms with van der Waals surface area (Å²) in [7, 11) is 1.29. The summed E-state index contributed by atoms with van der Waals surface area (Å²) in [5, 5.41) is 13.7. The van der Waals surface area contributed by atoms with Gasteiger partial charge < -0.3 is 10.1 Å². The first kappa shape index (κ1) is 13.1. The van der Waals surface area contributed by atoms with E-state index in [9.17, 15) is 14.9 Å². The predicted molar refractivity (Wildman–Crippen MR) is 61.6 cm³/mol. The monoisotopic (exact) mass is 238 g/mol. The Bertz CT molecular complexity index is 431. The van der Waals surface area contributed by atoms with Gasteiger partial charge in [-0.15, -0.1) is 0 Å². The summed E-state index contributed by atoms with van der Waals surface area (Å²) in [6.45, 7) is 1.97. The number of nitrogens with one attached hydrogen (secondary N) is 1. The van der Waals surface area contributed by atoms with Crippen molar-refractivity contribution in [1.82, 2.24) is 5.32 Å². The van der Waals surface area contributed by atoms with Gasteiger partial charge in [-0.2, -0.15) is 0 Å². The van der Waals surface area contributed by atoms with Crippen LogP contribution >= 0.6 is 0 Å². The van der Waals surface area contributed by atoms with Gasteiger partial charge in [0.15, 0.2) is 0 Å². The van der Waals surface area contributed by atoms with Crippen molar-refractivity contribution >= 4 is 11.7 Å². The second kappa shape index (κ2) is 5.95. The molecule has 0 atom stereocenters. The molecule has 0 radical (unpaired) electrons. The van der Waals surface area contributed by atoms with Crippen LogP contribution in [0, 0.1) is 17.0 Å². The van der Waals surface area contributed by atoms with E-state index in [0.29, 0.717) is 11.1 Å². The summed E-state index contributed by atoms with van der Waals surface area (Å²) in [4.78, 5) is 21.3. The first-order valence-electron chi connectivity index (χ1n) is 5.06. The molecule has 0 saturated carbocycles. The van der Waals surface area contributed by atoms with Crippen LogP contribution in [0.15, 0.2) is 18.2 Å². The number of nitro groups is 1. The molecule has 0 aliphatic carbocycles. The van der Waals surface area contributed by atoms with Crippen molar-refractivity contribution in [3.63, 3.8) is 0 Å². The van der Waals surface area contributed by atoms with E-state index in [2.05, 4.69) is 10.1 Å². The first-order chi connectivity index (χ1) is 8.06. The topological polar surface area (TPSA) is 81.5 Å². The number of esters is 1. The average molecular weight is 238 g/mol. The van der Waals surface area contributed by atoms with E-state index >= 15 is 0 Å². The molecule has 0 amide bonds. The number of hydrogen-bond acceptors (Lipinski definition) is 5. The zero-order chi connectivity index (χ0) is 12.8. The maximum Gasteiger partial charge on any atom is 0.319 e. The Kier molecular flexibility index (Phi) is 4.59. The van der Waals surface area contributed by atoms with Crippen molar-refractivity contribution in [3.05, 3.63) is 39.4 Å². The molecule has 1 N–H and O–H groups in total. The van der Waals surface area contributed by atoms with Gasteiger partial charge in [-0.3, -0.25) is 14.9 Å². The Morgan fingerprint density at radius 2 is 2.24 bits per heavy atom. The number of nitrogens with zero attached hydrogens (tertiary/aromatic N) is 1. The normalized spacial score (nSPS) is 10.0. The van der Waals surface area contributed by atoms with Gasteiger partial charge in [0.2, 0.25) is 0 Å². The highest BCUT2D eigenvalue weighted by atomic mass is 16.6. The molecule has 0 fully saturated rings. The molecular weight excluding hydrogens is 224 g/mol. The van der Waals surface area contributed by atoms with E-state index in [1.54, 1.807) is 25.1 Å². The Morgan fingerprint density at radius 1 is 1.53 bits per heavy atom. The largest absolute Gasteiger partial charge is 0.468 e. The van der Waals surface area contributed by atoms with Gasteiger partial charge in [0.25, 0.3) is 5.69 Å². The van der Waals surface area contributed by atoms with Crippen LogP contribution in [0.2, 0.25) is 0 Å². The van der Waals surface area contributed by atoms with Crippen LogP contribution < -0.4 is 5.32 Å². The Balaban J connectivity index is 2.74. The highest BCUT2D eigenvalue weighted by molar-refractivity contribution is 5.71. The Labute approximate surface area is 98.7 Å². The molecule has 0 aromatic heterocycles. The van der Waals surface area contributed by atoms with Gasteiger partial charge in [-0.05, 0) is 6.92 Å². The molecule has 92 valence electrons. The van der Waals surface area contributed by atoms with Gasteiger partial charge >= 0.3 is 5.97 Å². The smallest absolute Gasteiger partial charge is 0.319 e. The fraction of sp³-hybridized carbons (Fsp3) is 0.364. The maximum atomic E-state index is 10.9. The molecule has 0 bridgehead atoms. The van der Waals surface area contributed by atoms with Crippen LogP contribution in [0.3, 0.4) is 0 Å². The second-order valence-electron chi connectivity index (χ2n) is 3.52. The lowest BCUT2D eigenvalue weighted by atomic mass is 10.1. The minimum absolute atomic E-state index is 0.0294. The quantitative estimate of drug-likeness (QED) is 0.473. The zero-order valence-corrected chi connectivity index (χ0v) is 9.73. The Hall–Kier alpha value is -1.95. The number of benzene rings is 1. The molecule has 0 aliphatic heterocycles. The molecule has 1 aromatic rings. The van der Waals surface area contributed by atoms with Gasteiger partial charge in [0.1, 0.15) is 0 Å². The molecule has 0 unspecified atom stereocenters. The van der Waals surface area contributed by atoms with Gasteiger partial charge in [0, 0.05) is 17.7 Å². The lowest BCUT2D eigenvalue weighted by molar-refractivity contribution is -0.386. The SMILES string of the molecule is COC(=O)CNCc1cccc(C)c1[N+](=O)[O-]. The lowest BCUT2D eigenvalue weighted by Crippen LogP contribution is -2.23. The van der Waals surface area contributed by atoms with Crippen molar-refractivity contribution < 1.29 is 14.5 Å². The third-order valence-corrected chi connectivity index (χ3v) is 2.32. The minimum atomic E-state index is -0.412. The van der Waals surface area contributed by atoms with E-state index < -0.39 is 10.9 Å². The highest BCUT2D eigenvalue weighted by Crippen LogP contribution is 2.22. The van der Waals surface area contributed by atoms with Gasteiger partial charge in [-0.25, -0.2) is 0 Å². The molecule has 6 heteroatoms. The van der Waals surface area contributed by atoms with Crippen molar-refractivity contribution in [1.29, 1.82) is 0 Å². The number of hydrogen-bond donors (Lipinski definition) is 1. The third kappa shape index (κ3) is 3.53. The highest BCUT2D eigenvalue weighted by Gasteiger charge is 2.16. The predicted octanol–water partition coefficient (Wildman–Crippen LogP) is 1.17. The molecule has 0 heterocycles. The molecule has 6 nitrogen and oxygen atoms in total. The number of carbonyl (C=O) groups is 1.